The summed E-state index contributed by atoms with van der Waals surface area (Å²) in [5.41, 5.74) is 3.10. The molecule has 5 aromatic rings. The summed E-state index contributed by atoms with van der Waals surface area (Å²) < 4.78 is 45.2. The first kappa shape index (κ1) is 28.3. The maximum absolute atomic E-state index is 15.3. The molecule has 0 spiro atoms. The number of rotatable bonds is 7. The van der Waals surface area contributed by atoms with Gasteiger partial charge >= 0.3 is 0 Å². The van der Waals surface area contributed by atoms with Crippen LogP contribution >= 0.6 is 11.6 Å². The number of anilines is 2. The zero-order valence-electron chi connectivity index (χ0n) is 23.5. The number of pyridine rings is 1. The van der Waals surface area contributed by atoms with Crippen LogP contribution in [0.5, 0.6) is 0 Å². The Bertz CT molecular complexity index is 1900. The number of aryl methyl sites for hydroxylation is 1. The average molecular weight is 608 g/mol. The molecular formula is C30H31ClFN7O2S. The Morgan fingerprint density at radius 1 is 1.02 bits per heavy atom. The lowest BCUT2D eigenvalue weighted by Gasteiger charge is -2.32. The zero-order valence-corrected chi connectivity index (χ0v) is 25.0. The van der Waals surface area contributed by atoms with Gasteiger partial charge in [0.05, 0.1) is 16.4 Å². The Kier molecular flexibility index (Phi) is 7.50. The van der Waals surface area contributed by atoms with E-state index < -0.39 is 15.8 Å². The van der Waals surface area contributed by atoms with Gasteiger partial charge in [0.15, 0.2) is 5.65 Å². The van der Waals surface area contributed by atoms with E-state index in [0.717, 1.165) is 36.8 Å². The molecular weight excluding hydrogens is 577 g/mol. The second-order valence-corrected chi connectivity index (χ2v) is 13.0. The topological polar surface area (TPSA) is 105 Å². The molecule has 0 unspecified atom stereocenters. The molecule has 0 bridgehead atoms. The van der Waals surface area contributed by atoms with Crippen molar-refractivity contribution in [1.82, 2.24) is 24.3 Å². The van der Waals surface area contributed by atoms with Crippen LogP contribution in [0.25, 0.3) is 27.8 Å². The van der Waals surface area contributed by atoms with Crippen molar-refractivity contribution in [1.29, 1.82) is 0 Å². The van der Waals surface area contributed by atoms with Crippen LogP contribution in [0.2, 0.25) is 5.02 Å². The summed E-state index contributed by atoms with van der Waals surface area (Å²) in [6, 6.07) is 13.1. The van der Waals surface area contributed by atoms with Crippen LogP contribution in [0.3, 0.4) is 0 Å². The third-order valence-electron chi connectivity index (χ3n) is 7.80. The fourth-order valence-electron chi connectivity index (χ4n) is 5.58. The molecule has 3 aromatic heterocycles. The summed E-state index contributed by atoms with van der Waals surface area (Å²) in [6.07, 6.45) is 8.02. The number of hydrogen-bond donors (Lipinski definition) is 2. The fourth-order valence-corrected chi connectivity index (χ4v) is 7.16. The Morgan fingerprint density at radius 2 is 1.79 bits per heavy atom. The van der Waals surface area contributed by atoms with Crippen LogP contribution in [-0.4, -0.2) is 58.8 Å². The number of hydrogen-bond acceptors (Lipinski definition) is 7. The lowest BCUT2D eigenvalue weighted by Crippen LogP contribution is -2.36. The summed E-state index contributed by atoms with van der Waals surface area (Å²) in [5.74, 6) is -0.165. The molecule has 1 aliphatic carbocycles. The van der Waals surface area contributed by atoms with Gasteiger partial charge in [0.25, 0.3) is 10.0 Å². The molecule has 0 radical (unpaired) electrons. The number of nitrogens with one attached hydrogen (secondary N) is 2. The van der Waals surface area contributed by atoms with E-state index >= 15 is 4.39 Å². The van der Waals surface area contributed by atoms with Crippen LogP contribution in [0.1, 0.15) is 31.4 Å². The maximum atomic E-state index is 15.3. The van der Waals surface area contributed by atoms with Gasteiger partial charge in [-0.15, -0.1) is 0 Å². The quantitative estimate of drug-likeness (QED) is 0.229. The second kappa shape index (κ2) is 11.1. The van der Waals surface area contributed by atoms with Crippen LogP contribution in [-0.2, 0) is 10.0 Å². The molecule has 1 aliphatic rings. The Balaban J connectivity index is 1.31. The molecule has 218 valence electrons. The number of imidazole rings is 1. The molecule has 3 heterocycles. The second-order valence-electron chi connectivity index (χ2n) is 11.0. The largest absolute Gasteiger partial charge is 0.351 e. The van der Waals surface area contributed by atoms with Crippen molar-refractivity contribution in [2.75, 3.05) is 24.1 Å². The molecule has 12 heteroatoms. The van der Waals surface area contributed by atoms with Crippen LogP contribution in [0, 0.1) is 12.7 Å². The summed E-state index contributed by atoms with van der Waals surface area (Å²) >= 11 is 6.06. The van der Waals surface area contributed by atoms with Gasteiger partial charge in [0.2, 0.25) is 5.95 Å². The molecule has 0 aliphatic heterocycles. The molecule has 0 atom stereocenters. The first-order chi connectivity index (χ1) is 20.1. The van der Waals surface area contributed by atoms with Gasteiger partial charge in [-0.2, -0.15) is 4.98 Å². The smallest absolute Gasteiger partial charge is 0.263 e. The van der Waals surface area contributed by atoms with Crippen LogP contribution in [0.4, 0.5) is 16.0 Å². The molecule has 6 rings (SSSR count). The van der Waals surface area contributed by atoms with E-state index in [-0.39, 0.29) is 15.6 Å². The molecule has 9 nitrogen and oxygen atoms in total. The van der Waals surface area contributed by atoms with Crippen molar-refractivity contribution in [3.05, 3.63) is 77.5 Å². The summed E-state index contributed by atoms with van der Waals surface area (Å²) in [6.45, 7) is 1.89. The monoisotopic (exact) mass is 607 g/mol. The normalized spacial score (nSPS) is 17.7. The molecule has 0 saturated heterocycles. The third-order valence-corrected chi connectivity index (χ3v) is 9.67. The number of benzene rings is 2. The van der Waals surface area contributed by atoms with Gasteiger partial charge in [-0.3, -0.25) is 9.12 Å². The number of nitrogens with zero attached hydrogens (tertiary/aromatic N) is 5. The fraction of sp³-hybridized carbons (Fsp3) is 0.300. The van der Waals surface area contributed by atoms with Crippen LogP contribution < -0.4 is 10.0 Å². The van der Waals surface area contributed by atoms with Gasteiger partial charge in [0.1, 0.15) is 16.4 Å². The van der Waals surface area contributed by atoms with E-state index in [9.17, 15) is 8.42 Å². The van der Waals surface area contributed by atoms with Gasteiger partial charge in [-0.25, -0.2) is 22.8 Å². The van der Waals surface area contributed by atoms with E-state index in [1.54, 1.807) is 24.4 Å². The maximum Gasteiger partial charge on any atom is 0.263 e. The highest BCUT2D eigenvalue weighted by Gasteiger charge is 2.24. The lowest BCUT2D eigenvalue weighted by atomic mass is 9.91. The van der Waals surface area contributed by atoms with Gasteiger partial charge in [-0.05, 0) is 82.6 Å². The zero-order chi connectivity index (χ0) is 29.6. The first-order valence-corrected chi connectivity index (χ1v) is 15.6. The summed E-state index contributed by atoms with van der Waals surface area (Å²) in [7, 11) is 0.169. The van der Waals surface area contributed by atoms with Crippen LogP contribution in [0.15, 0.2) is 65.8 Å². The van der Waals surface area contributed by atoms with Crippen molar-refractivity contribution in [2.45, 2.75) is 49.6 Å². The number of sulfonamides is 1. The van der Waals surface area contributed by atoms with E-state index in [0.29, 0.717) is 40.5 Å². The van der Waals surface area contributed by atoms with Gasteiger partial charge in [-0.1, -0.05) is 29.8 Å². The molecule has 0 amide bonds. The minimum Gasteiger partial charge on any atom is -0.351 e. The summed E-state index contributed by atoms with van der Waals surface area (Å²) in [5, 5.41) is 4.32. The Labute approximate surface area is 248 Å². The van der Waals surface area contributed by atoms with Crippen molar-refractivity contribution < 1.29 is 12.8 Å². The predicted molar refractivity (Wildman–Crippen MR) is 164 cm³/mol. The number of fused-ring (bicyclic) bond motifs is 3. The number of aromatic nitrogens is 4. The molecule has 2 aromatic carbocycles. The third kappa shape index (κ3) is 5.51. The SMILES string of the molecule is Cc1cn2c(n1)c(-c1ccc(NS(=O)(=O)c3ccccc3Cl)c(F)c1)cc1cnc(NC3CCC(N(C)C)CC3)nc12. The van der Waals surface area contributed by atoms with Gasteiger partial charge in [0, 0.05) is 35.4 Å². The van der Waals surface area contributed by atoms with Crippen molar-refractivity contribution >= 4 is 49.9 Å². The van der Waals surface area contributed by atoms with E-state index in [1.165, 1.54) is 24.3 Å². The van der Waals surface area contributed by atoms with Crippen molar-refractivity contribution in [2.24, 2.45) is 0 Å². The molecule has 42 heavy (non-hydrogen) atoms. The van der Waals surface area contributed by atoms with Crippen molar-refractivity contribution in [3.8, 4) is 11.1 Å². The average Bonchev–Trinajstić information content (AvgIpc) is 3.36. The van der Waals surface area contributed by atoms with E-state index in [1.807, 2.05) is 23.6 Å². The predicted octanol–water partition coefficient (Wildman–Crippen LogP) is 6.13. The highest BCUT2D eigenvalue weighted by Crippen LogP contribution is 2.33. The number of halogens is 2. The lowest BCUT2D eigenvalue weighted by molar-refractivity contribution is 0.221. The minimum atomic E-state index is -4.09. The Morgan fingerprint density at radius 3 is 2.50 bits per heavy atom. The minimum absolute atomic E-state index is 0.0487. The first-order valence-electron chi connectivity index (χ1n) is 13.7. The highest BCUT2D eigenvalue weighted by molar-refractivity contribution is 7.92. The summed E-state index contributed by atoms with van der Waals surface area (Å²) in [4.78, 5) is 16.3. The molecule has 2 N–H and O–H groups in total. The standard InChI is InChI=1S/C30H31ClFN7O2S/c1-18-17-39-28-20(16-33-30(36-28)35-21-9-11-22(12-10-21)38(2)3)14-23(29(39)34-18)19-8-13-26(25(32)15-19)37-42(40,41)27-7-5-4-6-24(27)31/h4-8,13-17,21-22,37H,9-12H2,1-3H3,(H,33,35,36). The molecule has 1 saturated carbocycles. The van der Waals surface area contributed by atoms with Gasteiger partial charge < -0.3 is 10.2 Å². The Hall–Kier alpha value is -3.80. The van der Waals surface area contributed by atoms with E-state index in [2.05, 4.69) is 34.0 Å². The highest BCUT2D eigenvalue weighted by atomic mass is 35.5. The van der Waals surface area contributed by atoms with E-state index in [4.69, 9.17) is 21.6 Å². The molecule has 1 fully saturated rings. The van der Waals surface area contributed by atoms with Crippen molar-refractivity contribution in [3.63, 3.8) is 0 Å².